The minimum Gasteiger partial charge on any atom is -0.369 e. The summed E-state index contributed by atoms with van der Waals surface area (Å²) in [6, 6.07) is 5.43. The molecule has 0 aliphatic carbocycles. The molecule has 1 atom stereocenters. The van der Waals surface area contributed by atoms with E-state index < -0.39 is 0 Å². The van der Waals surface area contributed by atoms with Crippen LogP contribution in [-0.4, -0.2) is 19.7 Å². The molecule has 1 rings (SSSR count). The van der Waals surface area contributed by atoms with Gasteiger partial charge in [-0.2, -0.15) is 0 Å². The number of ether oxygens (including phenoxy) is 1. The Balaban J connectivity index is 2.94. The van der Waals surface area contributed by atoms with Gasteiger partial charge in [-0.1, -0.05) is 23.2 Å². The number of rotatable bonds is 5. The third-order valence-electron chi connectivity index (χ3n) is 2.13. The highest BCUT2D eigenvalue weighted by molar-refractivity contribution is 6.33. The fraction of sp³-hybridized carbons (Fsp3) is 0.500. The minimum atomic E-state index is -0.0730. The van der Waals surface area contributed by atoms with E-state index in [9.17, 15) is 0 Å². The van der Waals surface area contributed by atoms with Crippen LogP contribution in [-0.2, 0) is 4.74 Å². The van der Waals surface area contributed by atoms with Gasteiger partial charge in [0.2, 0.25) is 0 Å². The van der Waals surface area contributed by atoms with Crippen molar-refractivity contribution in [1.82, 2.24) is 5.32 Å². The van der Waals surface area contributed by atoms with Crippen molar-refractivity contribution >= 4 is 23.2 Å². The first-order valence-electron chi connectivity index (χ1n) is 5.29. The quantitative estimate of drug-likeness (QED) is 0.874. The third-order valence-corrected chi connectivity index (χ3v) is 2.71. The van der Waals surface area contributed by atoms with Crippen molar-refractivity contribution in [2.24, 2.45) is 0 Å². The molecule has 0 radical (unpaired) electrons. The number of benzene rings is 1. The average molecular weight is 262 g/mol. The summed E-state index contributed by atoms with van der Waals surface area (Å²) in [5.74, 6) is 0. The maximum atomic E-state index is 6.14. The lowest BCUT2D eigenvalue weighted by Crippen LogP contribution is -2.22. The summed E-state index contributed by atoms with van der Waals surface area (Å²) in [6.07, 6.45) is 0.0737. The van der Waals surface area contributed by atoms with Gasteiger partial charge in [-0.15, -0.1) is 0 Å². The fourth-order valence-corrected chi connectivity index (χ4v) is 1.93. The highest BCUT2D eigenvalue weighted by Gasteiger charge is 2.16. The Morgan fingerprint density at radius 3 is 2.56 bits per heavy atom. The normalized spacial score (nSPS) is 13.1. The van der Waals surface area contributed by atoms with E-state index in [1.165, 1.54) is 0 Å². The van der Waals surface area contributed by atoms with E-state index in [2.05, 4.69) is 5.32 Å². The third kappa shape index (κ3) is 3.95. The Bertz CT molecular complexity index is 342. The van der Waals surface area contributed by atoms with Gasteiger partial charge in [0, 0.05) is 22.2 Å². The van der Waals surface area contributed by atoms with Crippen LogP contribution >= 0.6 is 23.2 Å². The molecule has 0 aliphatic rings. The van der Waals surface area contributed by atoms with Gasteiger partial charge in [-0.3, -0.25) is 0 Å². The molecule has 0 aromatic heterocycles. The highest BCUT2D eigenvalue weighted by Crippen LogP contribution is 2.29. The fourth-order valence-electron chi connectivity index (χ4n) is 1.51. The predicted molar refractivity (Wildman–Crippen MR) is 69.4 cm³/mol. The average Bonchev–Trinajstić information content (AvgIpc) is 2.20. The van der Waals surface area contributed by atoms with Crippen LogP contribution < -0.4 is 5.32 Å². The molecule has 1 N–H and O–H groups in total. The zero-order valence-corrected chi connectivity index (χ0v) is 11.3. The zero-order chi connectivity index (χ0) is 12.1. The van der Waals surface area contributed by atoms with E-state index in [0.29, 0.717) is 16.6 Å². The summed E-state index contributed by atoms with van der Waals surface area (Å²) in [7, 11) is 1.88. The molecule has 0 amide bonds. The second kappa shape index (κ2) is 6.45. The van der Waals surface area contributed by atoms with E-state index in [-0.39, 0.29) is 12.2 Å². The molecular weight excluding hydrogens is 245 g/mol. The Morgan fingerprint density at radius 2 is 2.00 bits per heavy atom. The van der Waals surface area contributed by atoms with E-state index >= 15 is 0 Å². The van der Waals surface area contributed by atoms with Crippen molar-refractivity contribution in [1.29, 1.82) is 0 Å². The van der Waals surface area contributed by atoms with E-state index in [1.54, 1.807) is 12.1 Å². The molecule has 0 heterocycles. The number of hydrogen-bond donors (Lipinski definition) is 1. The van der Waals surface area contributed by atoms with Gasteiger partial charge in [0.15, 0.2) is 0 Å². The first kappa shape index (κ1) is 13.8. The maximum Gasteiger partial charge on any atom is 0.0967 e. The zero-order valence-electron chi connectivity index (χ0n) is 9.76. The molecule has 4 heteroatoms. The van der Waals surface area contributed by atoms with Crippen LogP contribution in [0.4, 0.5) is 0 Å². The monoisotopic (exact) mass is 261 g/mol. The second-order valence-corrected chi connectivity index (χ2v) is 4.74. The predicted octanol–water partition coefficient (Wildman–Crippen LogP) is 3.68. The van der Waals surface area contributed by atoms with Crippen molar-refractivity contribution in [3.05, 3.63) is 33.8 Å². The van der Waals surface area contributed by atoms with Gasteiger partial charge in [0.25, 0.3) is 0 Å². The van der Waals surface area contributed by atoms with Crippen LogP contribution in [0.15, 0.2) is 18.2 Å². The second-order valence-electron chi connectivity index (χ2n) is 3.90. The summed E-state index contributed by atoms with van der Waals surface area (Å²) in [4.78, 5) is 0. The molecule has 0 saturated heterocycles. The van der Waals surface area contributed by atoms with Crippen LogP contribution in [0, 0.1) is 0 Å². The molecule has 0 bridgehead atoms. The van der Waals surface area contributed by atoms with Crippen molar-refractivity contribution in [2.45, 2.75) is 26.1 Å². The van der Waals surface area contributed by atoms with Gasteiger partial charge in [0.1, 0.15) is 0 Å². The molecule has 2 nitrogen and oxygen atoms in total. The van der Waals surface area contributed by atoms with Gasteiger partial charge in [-0.05, 0) is 39.1 Å². The Labute approximate surface area is 107 Å². The molecular formula is C12H17Cl2NO. The number of hydrogen-bond acceptors (Lipinski definition) is 2. The topological polar surface area (TPSA) is 21.3 Å². The van der Waals surface area contributed by atoms with Gasteiger partial charge in [0.05, 0.1) is 12.2 Å². The van der Waals surface area contributed by atoms with E-state index in [1.807, 2.05) is 27.0 Å². The summed E-state index contributed by atoms with van der Waals surface area (Å²) in [5.41, 5.74) is 0.928. The van der Waals surface area contributed by atoms with Crippen LogP contribution in [0.1, 0.15) is 25.5 Å². The molecule has 1 aromatic rings. The van der Waals surface area contributed by atoms with Crippen molar-refractivity contribution in [2.75, 3.05) is 13.6 Å². The summed E-state index contributed by atoms with van der Waals surface area (Å²) >= 11 is 12.1. The van der Waals surface area contributed by atoms with Gasteiger partial charge >= 0.3 is 0 Å². The van der Waals surface area contributed by atoms with E-state index in [0.717, 1.165) is 5.56 Å². The molecule has 1 aromatic carbocycles. The Morgan fingerprint density at radius 1 is 1.31 bits per heavy atom. The Kier molecular flexibility index (Phi) is 5.56. The van der Waals surface area contributed by atoms with Crippen LogP contribution in [0.3, 0.4) is 0 Å². The molecule has 0 aliphatic heterocycles. The molecule has 0 spiro atoms. The van der Waals surface area contributed by atoms with Crippen LogP contribution in [0.25, 0.3) is 0 Å². The van der Waals surface area contributed by atoms with Crippen molar-refractivity contribution in [3.63, 3.8) is 0 Å². The number of nitrogens with one attached hydrogen (secondary N) is 1. The number of halogens is 2. The van der Waals surface area contributed by atoms with Gasteiger partial charge < -0.3 is 10.1 Å². The standard InChI is InChI=1S/C12H17Cl2NO/c1-8(2)16-12(7-15-3)10-6-9(13)4-5-11(10)14/h4-6,8,12,15H,7H2,1-3H3. The van der Waals surface area contributed by atoms with Crippen LogP contribution in [0.5, 0.6) is 0 Å². The summed E-state index contributed by atoms with van der Waals surface area (Å²) < 4.78 is 5.81. The van der Waals surface area contributed by atoms with Crippen molar-refractivity contribution < 1.29 is 4.74 Å². The van der Waals surface area contributed by atoms with Gasteiger partial charge in [-0.25, -0.2) is 0 Å². The maximum absolute atomic E-state index is 6.14. The molecule has 16 heavy (non-hydrogen) atoms. The minimum absolute atomic E-state index is 0.0730. The first-order valence-corrected chi connectivity index (χ1v) is 6.05. The highest BCUT2D eigenvalue weighted by atomic mass is 35.5. The Hall–Kier alpha value is -0.280. The number of likely N-dealkylation sites (N-methyl/N-ethyl adjacent to an activating group) is 1. The molecule has 1 unspecified atom stereocenters. The largest absolute Gasteiger partial charge is 0.369 e. The van der Waals surface area contributed by atoms with Crippen molar-refractivity contribution in [3.8, 4) is 0 Å². The van der Waals surface area contributed by atoms with Crippen LogP contribution in [0.2, 0.25) is 10.0 Å². The summed E-state index contributed by atoms with van der Waals surface area (Å²) in [6.45, 7) is 4.71. The molecule has 0 saturated carbocycles. The first-order chi connectivity index (χ1) is 7.54. The SMILES string of the molecule is CNCC(OC(C)C)c1cc(Cl)ccc1Cl. The summed E-state index contributed by atoms with van der Waals surface area (Å²) in [5, 5.41) is 4.45. The van der Waals surface area contributed by atoms with E-state index in [4.69, 9.17) is 27.9 Å². The lowest BCUT2D eigenvalue weighted by atomic mass is 10.1. The lowest BCUT2D eigenvalue weighted by molar-refractivity contribution is 0.00820. The molecule has 90 valence electrons. The lowest BCUT2D eigenvalue weighted by Gasteiger charge is -2.21. The molecule has 0 fully saturated rings. The smallest absolute Gasteiger partial charge is 0.0967 e.